The molecule has 0 spiro atoms. The van der Waals surface area contributed by atoms with Crippen molar-refractivity contribution in [3.05, 3.63) is 45.9 Å². The van der Waals surface area contributed by atoms with Crippen LogP contribution in [-0.4, -0.2) is 23.7 Å². The molecule has 0 atom stereocenters. The summed E-state index contributed by atoms with van der Waals surface area (Å²) < 4.78 is 5.58. The van der Waals surface area contributed by atoms with Gasteiger partial charge >= 0.3 is 6.03 Å². The van der Waals surface area contributed by atoms with E-state index in [0.717, 1.165) is 34.8 Å². The number of nitrogens with one attached hydrogen (secondary N) is 2. The minimum Gasteiger partial charge on any atom is -0.374 e. The maximum Gasteiger partial charge on any atom is 0.319 e. The molecule has 0 fully saturated rings. The molecule has 2 aromatic rings. The van der Waals surface area contributed by atoms with E-state index in [1.165, 1.54) is 0 Å². The highest BCUT2D eigenvalue weighted by Crippen LogP contribution is 2.13. The molecule has 6 heteroatoms. The van der Waals surface area contributed by atoms with Crippen LogP contribution in [0.4, 0.5) is 10.5 Å². The van der Waals surface area contributed by atoms with Crippen molar-refractivity contribution < 1.29 is 9.53 Å². The van der Waals surface area contributed by atoms with Gasteiger partial charge in [-0.1, -0.05) is 12.1 Å². The van der Waals surface area contributed by atoms with Gasteiger partial charge in [0, 0.05) is 29.7 Å². The number of hydrogen-bond acceptors (Lipinski definition) is 4. The van der Waals surface area contributed by atoms with Crippen molar-refractivity contribution in [2.24, 2.45) is 0 Å². The topological polar surface area (TPSA) is 63.2 Å². The lowest BCUT2D eigenvalue weighted by atomic mass is 10.2. The Kier molecular flexibility index (Phi) is 7.21. The molecule has 2 amide bonds. The fraction of sp³-hybridized carbons (Fsp3) is 0.444. The molecule has 2 rings (SSSR count). The predicted octanol–water partition coefficient (Wildman–Crippen LogP) is 4.13. The standard InChI is InChI=1S/C18H25N3O2S/c1-13(2)23-11-15-6-4-7-16(10-15)21-18(22)19-9-5-8-17-20-14(3)12-24-17/h4,6-7,10,12-13H,5,8-9,11H2,1-3H3,(H2,19,21,22). The third-order valence-corrected chi connectivity index (χ3v) is 4.31. The van der Waals surface area contributed by atoms with Gasteiger partial charge in [0.15, 0.2) is 0 Å². The average Bonchev–Trinajstić information content (AvgIpc) is 2.95. The largest absolute Gasteiger partial charge is 0.374 e. The molecule has 24 heavy (non-hydrogen) atoms. The molecule has 0 aliphatic carbocycles. The summed E-state index contributed by atoms with van der Waals surface area (Å²) in [6.07, 6.45) is 1.95. The Labute approximate surface area is 147 Å². The first kappa shape index (κ1) is 18.4. The summed E-state index contributed by atoms with van der Waals surface area (Å²) in [5.74, 6) is 0. The van der Waals surface area contributed by atoms with E-state index < -0.39 is 0 Å². The Morgan fingerprint density at radius 2 is 2.21 bits per heavy atom. The number of benzene rings is 1. The third kappa shape index (κ3) is 6.68. The van der Waals surface area contributed by atoms with E-state index in [9.17, 15) is 4.79 Å². The van der Waals surface area contributed by atoms with Crippen LogP contribution in [0, 0.1) is 6.92 Å². The van der Waals surface area contributed by atoms with Gasteiger partial charge in [-0.25, -0.2) is 9.78 Å². The normalized spacial score (nSPS) is 10.8. The average molecular weight is 347 g/mol. The van der Waals surface area contributed by atoms with Crippen molar-refractivity contribution >= 4 is 23.1 Å². The first-order valence-electron chi connectivity index (χ1n) is 8.19. The van der Waals surface area contributed by atoms with Gasteiger partial charge in [0.25, 0.3) is 0 Å². The summed E-state index contributed by atoms with van der Waals surface area (Å²) in [6, 6.07) is 7.52. The Morgan fingerprint density at radius 3 is 2.92 bits per heavy atom. The van der Waals surface area contributed by atoms with Gasteiger partial charge in [-0.2, -0.15) is 0 Å². The number of carbonyl (C=O) groups is 1. The van der Waals surface area contributed by atoms with Gasteiger partial charge in [-0.05, 0) is 44.9 Å². The van der Waals surface area contributed by atoms with Crippen molar-refractivity contribution in [3.8, 4) is 0 Å². The molecular formula is C18H25N3O2S. The molecule has 1 heterocycles. The Hall–Kier alpha value is -1.92. The lowest BCUT2D eigenvalue weighted by Gasteiger charge is -2.10. The fourth-order valence-electron chi connectivity index (χ4n) is 2.14. The number of aromatic nitrogens is 1. The summed E-state index contributed by atoms with van der Waals surface area (Å²) in [5, 5.41) is 8.89. The SMILES string of the molecule is Cc1csc(CCCNC(=O)Nc2cccc(COC(C)C)c2)n1. The number of carbonyl (C=O) groups excluding carboxylic acids is 1. The molecule has 0 aliphatic rings. The van der Waals surface area contributed by atoms with Gasteiger partial charge in [0.05, 0.1) is 17.7 Å². The molecule has 130 valence electrons. The fourth-order valence-corrected chi connectivity index (χ4v) is 2.95. The molecule has 5 nitrogen and oxygen atoms in total. The molecule has 0 radical (unpaired) electrons. The minimum atomic E-state index is -0.188. The van der Waals surface area contributed by atoms with E-state index >= 15 is 0 Å². The summed E-state index contributed by atoms with van der Waals surface area (Å²) in [7, 11) is 0. The molecule has 1 aromatic heterocycles. The van der Waals surface area contributed by atoms with Crippen molar-refractivity contribution in [1.29, 1.82) is 0 Å². The van der Waals surface area contributed by atoms with Crippen LogP contribution in [0.25, 0.3) is 0 Å². The van der Waals surface area contributed by atoms with Crippen LogP contribution >= 0.6 is 11.3 Å². The number of aryl methyl sites for hydroxylation is 2. The van der Waals surface area contributed by atoms with E-state index in [-0.39, 0.29) is 12.1 Å². The van der Waals surface area contributed by atoms with Crippen LogP contribution in [0.3, 0.4) is 0 Å². The number of hydrogen-bond donors (Lipinski definition) is 2. The number of ether oxygens (including phenoxy) is 1. The Balaban J connectivity index is 1.70. The van der Waals surface area contributed by atoms with E-state index in [1.807, 2.05) is 50.4 Å². The summed E-state index contributed by atoms with van der Waals surface area (Å²) in [6.45, 7) is 7.17. The van der Waals surface area contributed by atoms with Crippen LogP contribution in [-0.2, 0) is 17.8 Å². The van der Waals surface area contributed by atoms with Crippen LogP contribution < -0.4 is 10.6 Å². The zero-order valence-corrected chi connectivity index (χ0v) is 15.3. The van der Waals surface area contributed by atoms with Crippen LogP contribution in [0.2, 0.25) is 0 Å². The maximum absolute atomic E-state index is 11.9. The van der Waals surface area contributed by atoms with Crippen LogP contribution in [0.15, 0.2) is 29.6 Å². The maximum atomic E-state index is 11.9. The predicted molar refractivity (Wildman–Crippen MR) is 98.6 cm³/mol. The minimum absolute atomic E-state index is 0.187. The molecule has 0 aliphatic heterocycles. The van der Waals surface area contributed by atoms with Gasteiger partial charge < -0.3 is 15.4 Å². The molecule has 0 saturated carbocycles. The first-order valence-corrected chi connectivity index (χ1v) is 9.07. The summed E-state index contributed by atoms with van der Waals surface area (Å²) in [5.41, 5.74) is 2.87. The zero-order valence-electron chi connectivity index (χ0n) is 14.5. The quantitative estimate of drug-likeness (QED) is 0.706. The van der Waals surface area contributed by atoms with Crippen LogP contribution in [0.5, 0.6) is 0 Å². The highest BCUT2D eigenvalue weighted by Gasteiger charge is 2.04. The second-order valence-corrected chi connectivity index (χ2v) is 6.87. The van der Waals surface area contributed by atoms with Gasteiger partial charge in [-0.15, -0.1) is 11.3 Å². The Morgan fingerprint density at radius 1 is 1.38 bits per heavy atom. The lowest BCUT2D eigenvalue weighted by Crippen LogP contribution is -2.29. The molecule has 1 aromatic carbocycles. The first-order chi connectivity index (χ1) is 11.5. The van der Waals surface area contributed by atoms with E-state index in [4.69, 9.17) is 4.74 Å². The number of amides is 2. The molecular weight excluding hydrogens is 322 g/mol. The van der Waals surface area contributed by atoms with E-state index in [2.05, 4.69) is 15.6 Å². The summed E-state index contributed by atoms with van der Waals surface area (Å²) in [4.78, 5) is 16.4. The van der Waals surface area contributed by atoms with Crippen molar-refractivity contribution in [1.82, 2.24) is 10.3 Å². The van der Waals surface area contributed by atoms with Gasteiger partial charge in [-0.3, -0.25) is 0 Å². The summed E-state index contributed by atoms with van der Waals surface area (Å²) >= 11 is 1.67. The van der Waals surface area contributed by atoms with E-state index in [0.29, 0.717) is 13.2 Å². The van der Waals surface area contributed by atoms with Gasteiger partial charge in [0.2, 0.25) is 0 Å². The highest BCUT2D eigenvalue weighted by molar-refractivity contribution is 7.09. The van der Waals surface area contributed by atoms with Crippen LogP contribution in [0.1, 0.15) is 36.5 Å². The second-order valence-electron chi connectivity index (χ2n) is 5.93. The lowest BCUT2D eigenvalue weighted by molar-refractivity contribution is 0.0657. The van der Waals surface area contributed by atoms with E-state index in [1.54, 1.807) is 11.3 Å². The Bertz CT molecular complexity index is 655. The number of rotatable bonds is 8. The highest BCUT2D eigenvalue weighted by atomic mass is 32.1. The second kappa shape index (κ2) is 9.39. The molecule has 0 saturated heterocycles. The number of thiazole rings is 1. The monoisotopic (exact) mass is 347 g/mol. The molecule has 2 N–H and O–H groups in total. The molecule has 0 unspecified atom stereocenters. The number of nitrogens with zero attached hydrogens (tertiary/aromatic N) is 1. The number of anilines is 1. The van der Waals surface area contributed by atoms with Crippen molar-refractivity contribution in [2.45, 2.75) is 46.3 Å². The zero-order chi connectivity index (χ0) is 17.4. The smallest absolute Gasteiger partial charge is 0.319 e. The number of urea groups is 1. The molecule has 0 bridgehead atoms. The van der Waals surface area contributed by atoms with Crippen molar-refractivity contribution in [3.63, 3.8) is 0 Å². The third-order valence-electron chi connectivity index (χ3n) is 3.29. The van der Waals surface area contributed by atoms with Crippen molar-refractivity contribution in [2.75, 3.05) is 11.9 Å². The van der Waals surface area contributed by atoms with Gasteiger partial charge in [0.1, 0.15) is 0 Å².